The lowest BCUT2D eigenvalue weighted by atomic mass is 10.0. The van der Waals surface area contributed by atoms with Gasteiger partial charge in [0.05, 0.1) is 40.1 Å². The number of rotatable bonds is 8. The van der Waals surface area contributed by atoms with Crippen molar-refractivity contribution in [2.45, 2.75) is 0 Å². The van der Waals surface area contributed by atoms with Crippen molar-refractivity contribution in [3.8, 4) is 34.8 Å². The Labute approximate surface area is 192 Å². The zero-order valence-electron chi connectivity index (χ0n) is 18.7. The number of esters is 1. The van der Waals surface area contributed by atoms with Crippen LogP contribution in [0, 0.1) is 11.3 Å². The molecule has 0 bridgehead atoms. The molecule has 33 heavy (non-hydrogen) atoms. The lowest BCUT2D eigenvalue weighted by Gasteiger charge is -2.12. The number of nitrogens with zero attached hydrogens (tertiary/aromatic N) is 1. The van der Waals surface area contributed by atoms with Crippen molar-refractivity contribution in [1.29, 1.82) is 5.26 Å². The number of carbonyl (C=O) groups is 1. The number of hydrogen-bond acceptors (Lipinski definition) is 7. The summed E-state index contributed by atoms with van der Waals surface area (Å²) in [5.74, 6) is 1.52. The monoisotopic (exact) mass is 445 g/mol. The summed E-state index contributed by atoms with van der Waals surface area (Å²) in [6, 6.07) is 19.3. The van der Waals surface area contributed by atoms with Gasteiger partial charge >= 0.3 is 5.97 Å². The summed E-state index contributed by atoms with van der Waals surface area (Å²) in [5, 5.41) is 9.70. The van der Waals surface area contributed by atoms with Crippen LogP contribution in [-0.2, 0) is 0 Å². The summed E-state index contributed by atoms with van der Waals surface area (Å²) in [7, 11) is 6.04. The quantitative estimate of drug-likeness (QED) is 0.209. The molecule has 7 nitrogen and oxygen atoms in total. The van der Waals surface area contributed by atoms with Crippen molar-refractivity contribution in [3.05, 3.63) is 77.4 Å². The number of hydrogen-bond donors (Lipinski definition) is 0. The summed E-state index contributed by atoms with van der Waals surface area (Å²) in [6.07, 6.45) is 1.70. The van der Waals surface area contributed by atoms with E-state index in [1.54, 1.807) is 73.8 Å². The first-order valence-electron chi connectivity index (χ1n) is 9.92. The molecule has 0 spiro atoms. The van der Waals surface area contributed by atoms with Gasteiger partial charge in [0.1, 0.15) is 11.3 Å². The third kappa shape index (κ3) is 5.25. The molecule has 168 valence electrons. The van der Waals surface area contributed by atoms with Crippen LogP contribution in [0.25, 0.3) is 11.6 Å². The Morgan fingerprint density at radius 2 is 1.39 bits per heavy atom. The van der Waals surface area contributed by atoms with Gasteiger partial charge in [-0.3, -0.25) is 0 Å². The van der Waals surface area contributed by atoms with Gasteiger partial charge in [0.25, 0.3) is 0 Å². The number of nitriles is 1. The second-order valence-corrected chi connectivity index (χ2v) is 6.74. The molecular weight excluding hydrogens is 422 g/mol. The van der Waals surface area contributed by atoms with Crippen LogP contribution in [0.5, 0.6) is 28.7 Å². The predicted octanol–water partition coefficient (Wildman–Crippen LogP) is 5.00. The number of allylic oxidation sites excluding steroid dienone is 1. The normalized spacial score (nSPS) is 10.7. The fraction of sp³-hybridized carbons (Fsp3) is 0.154. The average molecular weight is 445 g/mol. The average Bonchev–Trinajstić information content (AvgIpc) is 2.87. The van der Waals surface area contributed by atoms with E-state index in [1.165, 1.54) is 21.3 Å². The highest BCUT2D eigenvalue weighted by atomic mass is 16.6. The molecule has 0 heterocycles. The van der Waals surface area contributed by atoms with E-state index in [2.05, 4.69) is 6.07 Å². The van der Waals surface area contributed by atoms with E-state index in [0.29, 0.717) is 45.3 Å². The molecule has 0 N–H and O–H groups in total. The Morgan fingerprint density at radius 1 is 0.758 bits per heavy atom. The van der Waals surface area contributed by atoms with E-state index in [9.17, 15) is 10.1 Å². The van der Waals surface area contributed by atoms with Gasteiger partial charge in [-0.2, -0.15) is 5.26 Å². The summed E-state index contributed by atoms with van der Waals surface area (Å²) >= 11 is 0. The van der Waals surface area contributed by atoms with Gasteiger partial charge in [0, 0.05) is 0 Å². The van der Waals surface area contributed by atoms with Crippen LogP contribution in [0.4, 0.5) is 0 Å². The number of ether oxygens (including phenoxy) is 5. The number of methoxy groups -OCH3 is 4. The predicted molar refractivity (Wildman–Crippen MR) is 124 cm³/mol. The van der Waals surface area contributed by atoms with E-state index in [4.69, 9.17) is 23.7 Å². The van der Waals surface area contributed by atoms with Crippen LogP contribution in [0.1, 0.15) is 21.5 Å². The van der Waals surface area contributed by atoms with Crippen LogP contribution in [0.15, 0.2) is 60.7 Å². The SMILES string of the molecule is COc1ccc(/C(C#N)=C\c2ccc(OC(=O)c3ccccc3OC)c(OC)c2)cc1OC. The first-order chi connectivity index (χ1) is 16.0. The second kappa shape index (κ2) is 10.7. The van der Waals surface area contributed by atoms with Crippen molar-refractivity contribution < 1.29 is 28.5 Å². The van der Waals surface area contributed by atoms with Gasteiger partial charge in [-0.25, -0.2) is 4.79 Å². The molecule has 0 amide bonds. The molecule has 3 rings (SSSR count). The topological polar surface area (TPSA) is 87.0 Å². The second-order valence-electron chi connectivity index (χ2n) is 6.74. The summed E-state index contributed by atoms with van der Waals surface area (Å²) < 4.78 is 26.7. The molecule has 3 aromatic carbocycles. The third-order valence-corrected chi connectivity index (χ3v) is 4.84. The maximum Gasteiger partial charge on any atom is 0.347 e. The first kappa shape index (κ1) is 23.2. The Kier molecular flexibility index (Phi) is 7.55. The van der Waals surface area contributed by atoms with Gasteiger partial charge in [-0.05, 0) is 59.7 Å². The van der Waals surface area contributed by atoms with Crippen molar-refractivity contribution in [2.75, 3.05) is 28.4 Å². The highest BCUT2D eigenvalue weighted by molar-refractivity contribution is 5.94. The Balaban J connectivity index is 1.90. The first-order valence-corrected chi connectivity index (χ1v) is 9.92. The highest BCUT2D eigenvalue weighted by Crippen LogP contribution is 2.33. The van der Waals surface area contributed by atoms with Crippen LogP contribution < -0.4 is 23.7 Å². The number of para-hydroxylation sites is 1. The van der Waals surface area contributed by atoms with Crippen molar-refractivity contribution in [2.24, 2.45) is 0 Å². The summed E-state index contributed by atoms with van der Waals surface area (Å²) in [6.45, 7) is 0. The number of carbonyl (C=O) groups excluding carboxylic acids is 1. The van der Waals surface area contributed by atoms with Crippen LogP contribution in [0.2, 0.25) is 0 Å². The van der Waals surface area contributed by atoms with Crippen LogP contribution in [0.3, 0.4) is 0 Å². The van der Waals surface area contributed by atoms with Gasteiger partial charge in [-0.15, -0.1) is 0 Å². The largest absolute Gasteiger partial charge is 0.496 e. The Bertz CT molecular complexity index is 1230. The van der Waals surface area contributed by atoms with Gasteiger partial charge < -0.3 is 23.7 Å². The molecule has 0 aliphatic heterocycles. The van der Waals surface area contributed by atoms with Gasteiger partial charge in [0.2, 0.25) is 0 Å². The van der Waals surface area contributed by atoms with Gasteiger partial charge in [-0.1, -0.05) is 18.2 Å². The number of benzene rings is 3. The molecule has 0 atom stereocenters. The molecule has 0 aliphatic rings. The zero-order chi connectivity index (χ0) is 23.8. The van der Waals surface area contributed by atoms with Crippen LogP contribution in [-0.4, -0.2) is 34.4 Å². The molecule has 0 aromatic heterocycles. The smallest absolute Gasteiger partial charge is 0.347 e. The molecule has 3 aromatic rings. The maximum absolute atomic E-state index is 12.6. The Morgan fingerprint density at radius 3 is 2.06 bits per heavy atom. The lowest BCUT2D eigenvalue weighted by molar-refractivity contribution is 0.0726. The lowest BCUT2D eigenvalue weighted by Crippen LogP contribution is -2.10. The summed E-state index contributed by atoms with van der Waals surface area (Å²) in [5.41, 5.74) is 2.07. The minimum absolute atomic E-state index is 0.246. The molecule has 0 saturated carbocycles. The van der Waals surface area contributed by atoms with E-state index in [-0.39, 0.29) is 5.75 Å². The molecule has 0 saturated heterocycles. The standard InChI is InChI=1S/C26H23NO6/c1-29-21-8-6-5-7-20(21)26(28)33-23-11-9-17(14-24(23)31-3)13-19(16-27)18-10-12-22(30-2)25(15-18)32-4/h5-15H,1-4H3/b19-13-. The molecule has 0 aliphatic carbocycles. The maximum atomic E-state index is 12.6. The minimum atomic E-state index is -0.572. The highest BCUT2D eigenvalue weighted by Gasteiger charge is 2.17. The minimum Gasteiger partial charge on any atom is -0.496 e. The molecule has 0 radical (unpaired) electrons. The van der Waals surface area contributed by atoms with Crippen molar-refractivity contribution >= 4 is 17.6 Å². The molecule has 0 unspecified atom stereocenters. The fourth-order valence-corrected chi connectivity index (χ4v) is 3.18. The van der Waals surface area contributed by atoms with E-state index < -0.39 is 5.97 Å². The molecule has 7 heteroatoms. The zero-order valence-corrected chi connectivity index (χ0v) is 18.7. The van der Waals surface area contributed by atoms with Crippen molar-refractivity contribution in [3.63, 3.8) is 0 Å². The molecular formula is C26H23NO6. The van der Waals surface area contributed by atoms with E-state index >= 15 is 0 Å². The van der Waals surface area contributed by atoms with E-state index in [1.807, 2.05) is 0 Å². The van der Waals surface area contributed by atoms with Gasteiger partial charge in [0.15, 0.2) is 23.0 Å². The van der Waals surface area contributed by atoms with Crippen molar-refractivity contribution in [1.82, 2.24) is 0 Å². The fourth-order valence-electron chi connectivity index (χ4n) is 3.18. The Hall–Kier alpha value is -4.44. The van der Waals surface area contributed by atoms with E-state index in [0.717, 1.165) is 0 Å². The third-order valence-electron chi connectivity index (χ3n) is 4.84. The molecule has 0 fully saturated rings. The summed E-state index contributed by atoms with van der Waals surface area (Å²) in [4.78, 5) is 12.6. The van der Waals surface area contributed by atoms with Crippen LogP contribution >= 0.6 is 0 Å².